The minimum Gasteiger partial charge on any atom is -0.382 e. The topological polar surface area (TPSA) is 237 Å². The van der Waals surface area contributed by atoms with Gasteiger partial charge in [-0.3, -0.25) is 13.7 Å². The predicted molar refractivity (Wildman–Crippen MR) is 180 cm³/mol. The number of hydrogen-bond donors (Lipinski definition) is 4. The summed E-state index contributed by atoms with van der Waals surface area (Å²) in [5.74, 6) is 0.963. The lowest BCUT2D eigenvalue weighted by atomic mass is 10.1. The summed E-state index contributed by atoms with van der Waals surface area (Å²) in [6.45, 7) is 7.09. The maximum Gasteiger partial charge on any atom is 0.488 e. The molecular weight excluding hydrogens is 723 g/mol. The maximum absolute atomic E-state index is 12.8. The molecule has 2 aromatic heterocycles. The molecule has 3 aromatic rings. The second-order valence-corrected chi connectivity index (χ2v) is 18.0. The summed E-state index contributed by atoms with van der Waals surface area (Å²) in [4.78, 5) is 44.1. The number of benzene rings is 1. The summed E-state index contributed by atoms with van der Waals surface area (Å²) in [6.07, 6.45) is 1.09. The van der Waals surface area contributed by atoms with Crippen LogP contribution >= 0.6 is 35.0 Å². The van der Waals surface area contributed by atoms with E-state index in [0.717, 1.165) is 42.6 Å². The molecule has 4 unspecified atom stereocenters. The lowest BCUT2D eigenvalue weighted by Crippen LogP contribution is -2.31. The molecule has 2 fully saturated rings. The number of unbranched alkanes of at least 4 members (excludes halogenated alkanes) is 2. The van der Waals surface area contributed by atoms with Crippen LogP contribution < -0.4 is 5.73 Å². The van der Waals surface area contributed by atoms with Crippen LogP contribution in [-0.2, 0) is 47.2 Å². The Morgan fingerprint density at radius 1 is 0.959 bits per heavy atom. The van der Waals surface area contributed by atoms with Gasteiger partial charge in [0.25, 0.3) is 0 Å². The molecule has 2 aliphatic heterocycles. The molecule has 0 bridgehead atoms. The number of ether oxygens (including phenoxy) is 3. The van der Waals surface area contributed by atoms with Crippen molar-refractivity contribution in [3.8, 4) is 0 Å². The van der Waals surface area contributed by atoms with Gasteiger partial charge in [0, 0.05) is 5.75 Å². The number of aromatic nitrogens is 4. The number of nitrogen functional groups attached to an aromatic ring is 1. The number of imidazole rings is 1. The van der Waals surface area contributed by atoms with Gasteiger partial charge in [-0.15, -0.1) is 0 Å². The molecule has 5 rings (SSSR count). The van der Waals surface area contributed by atoms with Crippen LogP contribution in [0.15, 0.2) is 29.7 Å². The predicted octanol–water partition coefficient (Wildman–Crippen LogP) is 5.75. The van der Waals surface area contributed by atoms with E-state index in [1.54, 1.807) is 29.7 Å². The highest BCUT2D eigenvalue weighted by atomic mass is 32.2. The van der Waals surface area contributed by atoms with Crippen LogP contribution in [0.3, 0.4) is 0 Å². The van der Waals surface area contributed by atoms with Gasteiger partial charge < -0.3 is 34.6 Å². The van der Waals surface area contributed by atoms with Crippen LogP contribution in [0.1, 0.15) is 68.9 Å². The number of phosphoric acid groups is 2. The molecule has 21 heteroatoms. The van der Waals surface area contributed by atoms with Gasteiger partial charge in [0.05, 0.1) is 19.1 Å². The summed E-state index contributed by atoms with van der Waals surface area (Å²) >= 11 is 1.44. The largest absolute Gasteiger partial charge is 0.488 e. The van der Waals surface area contributed by atoms with Crippen LogP contribution in [0.4, 0.5) is 5.82 Å². The molecule has 0 saturated carbocycles. The summed E-state index contributed by atoms with van der Waals surface area (Å²) in [7, 11) is -15.8. The Morgan fingerprint density at radius 3 is 2.43 bits per heavy atom. The molecular formula is C28H42N5O12P3S. The minimum absolute atomic E-state index is 0.188. The van der Waals surface area contributed by atoms with Gasteiger partial charge >= 0.3 is 23.2 Å². The van der Waals surface area contributed by atoms with E-state index < -0.39 is 66.8 Å². The summed E-state index contributed by atoms with van der Waals surface area (Å²) in [5, 5.41) is 0.458. The van der Waals surface area contributed by atoms with E-state index in [0.29, 0.717) is 28.3 Å². The summed E-state index contributed by atoms with van der Waals surface area (Å²) in [6, 6.07) is 4.89. The SMILES string of the molecule is CCCCCC1O[C@@H]2[C@H](O1)[C@H](n1cnc3c(N)nc(SCCC)nc31)O[C@@H]2COP(=O)(O)OP(=O)(O)OP(=O)(O)Cc1ccc(C)c(C)c1. The molecule has 0 amide bonds. The second kappa shape index (κ2) is 15.9. The summed E-state index contributed by atoms with van der Waals surface area (Å²) in [5.41, 5.74) is 9.03. The van der Waals surface area contributed by atoms with E-state index in [-0.39, 0.29) is 5.82 Å². The molecule has 0 aliphatic carbocycles. The smallest absolute Gasteiger partial charge is 0.382 e. The zero-order valence-electron chi connectivity index (χ0n) is 27.5. The van der Waals surface area contributed by atoms with Crippen LogP contribution in [0, 0.1) is 13.8 Å². The van der Waals surface area contributed by atoms with Crippen molar-refractivity contribution in [3.63, 3.8) is 0 Å². The van der Waals surface area contributed by atoms with E-state index in [4.69, 9.17) is 24.5 Å². The molecule has 17 nitrogen and oxygen atoms in total. The summed E-state index contributed by atoms with van der Waals surface area (Å²) < 4.78 is 72.3. The van der Waals surface area contributed by atoms with Crippen LogP contribution in [0.25, 0.3) is 11.2 Å². The van der Waals surface area contributed by atoms with E-state index in [2.05, 4.69) is 30.5 Å². The number of anilines is 1. The highest BCUT2D eigenvalue weighted by molar-refractivity contribution is 7.99. The number of rotatable bonds is 17. The van der Waals surface area contributed by atoms with Crippen LogP contribution in [-0.4, -0.2) is 71.2 Å². The molecule has 5 N–H and O–H groups in total. The van der Waals surface area contributed by atoms with Crippen molar-refractivity contribution in [3.05, 3.63) is 41.2 Å². The van der Waals surface area contributed by atoms with Gasteiger partial charge in [-0.05, 0) is 49.8 Å². The molecule has 0 spiro atoms. The van der Waals surface area contributed by atoms with Gasteiger partial charge in [0.15, 0.2) is 29.1 Å². The first-order chi connectivity index (χ1) is 23.1. The Bertz CT molecular complexity index is 1780. The maximum atomic E-state index is 12.8. The Labute approximate surface area is 288 Å². The van der Waals surface area contributed by atoms with E-state index in [9.17, 15) is 28.4 Å². The molecule has 1 aromatic carbocycles. The van der Waals surface area contributed by atoms with Crippen molar-refractivity contribution in [1.82, 2.24) is 19.5 Å². The Hall–Kier alpha value is -1.75. The average Bonchev–Trinajstić information content (AvgIpc) is 3.70. The van der Waals surface area contributed by atoms with Crippen molar-refractivity contribution in [2.24, 2.45) is 0 Å². The monoisotopic (exact) mass is 765 g/mol. The number of fused-ring (bicyclic) bond motifs is 2. The van der Waals surface area contributed by atoms with Crippen molar-refractivity contribution in [2.75, 3.05) is 18.1 Å². The standard InChI is InChI=1S/C28H42N5O12P3S/c1-5-7-8-9-21-42-23-20(41-27(24(23)43-21)33-16-30-22-25(29)31-28(32-26(22)33)49-12-6-2)14-40-47(36,37)45-48(38,39)44-46(34,35)15-19-11-10-17(3)18(4)13-19/h10-11,13,16,20-21,23-24,27H,5-9,12,14-15H2,1-4H3,(H,34,35)(H,36,37)(H,38,39)(H2,29,31,32)/t20-,21?,23+,24+,27-/m1/s1. The van der Waals surface area contributed by atoms with E-state index in [1.165, 1.54) is 18.1 Å². The molecule has 8 atom stereocenters. The number of nitrogens with two attached hydrogens (primary N) is 1. The number of nitrogens with zero attached hydrogens (tertiary/aromatic N) is 4. The minimum atomic E-state index is -5.59. The van der Waals surface area contributed by atoms with Crippen LogP contribution in [0.2, 0.25) is 0 Å². The fourth-order valence-corrected chi connectivity index (χ4v) is 10.3. The Kier molecular flexibility index (Phi) is 12.5. The van der Waals surface area contributed by atoms with Gasteiger partial charge in [-0.1, -0.05) is 56.7 Å². The van der Waals surface area contributed by atoms with Gasteiger partial charge in [-0.25, -0.2) is 28.4 Å². The zero-order chi connectivity index (χ0) is 35.6. The third kappa shape index (κ3) is 9.78. The fourth-order valence-electron chi connectivity index (χ4n) is 5.48. The first-order valence-corrected chi connectivity index (χ1v) is 21.5. The normalized spacial score (nSPS) is 26.0. The van der Waals surface area contributed by atoms with Crippen molar-refractivity contribution in [1.29, 1.82) is 0 Å². The average molecular weight is 766 g/mol. The molecule has 2 saturated heterocycles. The van der Waals surface area contributed by atoms with Crippen molar-refractivity contribution in [2.45, 2.75) is 102 Å². The first kappa shape index (κ1) is 38.5. The number of thioether (sulfide) groups is 1. The van der Waals surface area contributed by atoms with Gasteiger partial charge in [0.1, 0.15) is 23.8 Å². The third-order valence-electron chi connectivity index (χ3n) is 7.88. The Morgan fingerprint density at radius 2 is 1.71 bits per heavy atom. The van der Waals surface area contributed by atoms with Crippen molar-refractivity contribution < 1.29 is 55.7 Å². The Balaban J connectivity index is 1.29. The third-order valence-corrected chi connectivity index (χ3v) is 13.7. The van der Waals surface area contributed by atoms with E-state index >= 15 is 0 Å². The second-order valence-electron chi connectivity index (χ2n) is 11.9. The highest BCUT2D eigenvalue weighted by Crippen LogP contribution is 2.68. The number of hydrogen-bond acceptors (Lipinski definition) is 14. The number of aryl methyl sites for hydroxylation is 2. The highest BCUT2D eigenvalue weighted by Gasteiger charge is 2.54. The molecule has 0 radical (unpaired) electrons. The lowest BCUT2D eigenvalue weighted by Gasteiger charge is -2.22. The zero-order valence-corrected chi connectivity index (χ0v) is 31.0. The molecule has 4 heterocycles. The van der Waals surface area contributed by atoms with Gasteiger partial charge in [-0.2, -0.15) is 4.31 Å². The van der Waals surface area contributed by atoms with Crippen molar-refractivity contribution >= 4 is 52.0 Å². The first-order valence-electron chi connectivity index (χ1n) is 15.8. The van der Waals surface area contributed by atoms with Gasteiger partial charge in [0.2, 0.25) is 0 Å². The van der Waals surface area contributed by atoms with E-state index in [1.807, 2.05) is 13.8 Å². The fraction of sp³-hybridized carbons (Fsp3) is 0.607. The molecule has 272 valence electrons. The molecule has 2 aliphatic rings. The lowest BCUT2D eigenvalue weighted by molar-refractivity contribution is -0.152. The molecule has 49 heavy (non-hydrogen) atoms. The van der Waals surface area contributed by atoms with Crippen LogP contribution in [0.5, 0.6) is 0 Å². The number of phosphoric ester groups is 1. The quantitative estimate of drug-likeness (QED) is 0.0554.